The van der Waals surface area contributed by atoms with Crippen LogP contribution in [-0.2, 0) is 13.0 Å². The lowest BCUT2D eigenvalue weighted by Crippen LogP contribution is -2.31. The molecule has 26 heavy (non-hydrogen) atoms. The van der Waals surface area contributed by atoms with E-state index in [1.54, 1.807) is 13.2 Å². The van der Waals surface area contributed by atoms with Gasteiger partial charge in [0.25, 0.3) is 11.2 Å². The van der Waals surface area contributed by atoms with Crippen molar-refractivity contribution in [2.24, 2.45) is 0 Å². The number of hydrogen-bond acceptors (Lipinski definition) is 6. The summed E-state index contributed by atoms with van der Waals surface area (Å²) < 4.78 is 5.28. The fourth-order valence-electron chi connectivity index (χ4n) is 3.36. The maximum atomic E-state index is 11.9. The van der Waals surface area contributed by atoms with E-state index < -0.39 is 10.5 Å². The van der Waals surface area contributed by atoms with Crippen LogP contribution in [0.5, 0.6) is 5.75 Å². The van der Waals surface area contributed by atoms with Gasteiger partial charge in [-0.2, -0.15) is 0 Å². The standard InChI is InChI=1S/C18H16N4O4/c1-26-13-3-2-11-4-5-21(9-12(11)6-13)16-8-15-14(7-17(16)22(24)25)18(23)20-10-19-15/h2-3,6-8,10H,4-5,9H2,1H3,(H,19,20,23). The van der Waals surface area contributed by atoms with E-state index in [-0.39, 0.29) is 11.1 Å². The van der Waals surface area contributed by atoms with Crippen molar-refractivity contribution in [3.05, 3.63) is 68.3 Å². The maximum Gasteiger partial charge on any atom is 0.293 e. The monoisotopic (exact) mass is 352 g/mol. The van der Waals surface area contributed by atoms with Crippen LogP contribution in [0.1, 0.15) is 11.1 Å². The highest BCUT2D eigenvalue weighted by Gasteiger charge is 2.25. The van der Waals surface area contributed by atoms with Gasteiger partial charge in [-0.3, -0.25) is 14.9 Å². The van der Waals surface area contributed by atoms with Gasteiger partial charge in [-0.25, -0.2) is 4.98 Å². The Labute approximate surface area is 148 Å². The summed E-state index contributed by atoms with van der Waals surface area (Å²) in [7, 11) is 1.61. The molecular formula is C18H16N4O4. The average molecular weight is 352 g/mol. The quantitative estimate of drug-likeness (QED) is 0.574. The summed E-state index contributed by atoms with van der Waals surface area (Å²) >= 11 is 0. The van der Waals surface area contributed by atoms with Crippen LogP contribution in [0.3, 0.4) is 0 Å². The van der Waals surface area contributed by atoms with Gasteiger partial charge in [0.1, 0.15) is 11.4 Å². The van der Waals surface area contributed by atoms with Crippen LogP contribution in [0.2, 0.25) is 0 Å². The topological polar surface area (TPSA) is 101 Å². The highest BCUT2D eigenvalue weighted by Crippen LogP contribution is 2.35. The molecule has 8 heteroatoms. The van der Waals surface area contributed by atoms with Crippen molar-refractivity contribution in [2.45, 2.75) is 13.0 Å². The van der Waals surface area contributed by atoms with Crippen molar-refractivity contribution in [1.29, 1.82) is 0 Å². The second kappa shape index (κ2) is 6.14. The minimum absolute atomic E-state index is 0.0950. The Morgan fingerprint density at radius 2 is 2.12 bits per heavy atom. The van der Waals surface area contributed by atoms with Gasteiger partial charge in [0.15, 0.2) is 0 Å². The predicted octanol–water partition coefficient (Wildman–Crippen LogP) is 2.40. The van der Waals surface area contributed by atoms with Gasteiger partial charge >= 0.3 is 0 Å². The molecule has 2 aromatic carbocycles. The fourth-order valence-corrected chi connectivity index (χ4v) is 3.36. The van der Waals surface area contributed by atoms with Crippen molar-refractivity contribution in [3.8, 4) is 5.75 Å². The van der Waals surface area contributed by atoms with Gasteiger partial charge in [0.05, 0.1) is 29.3 Å². The Hall–Kier alpha value is -3.42. The Bertz CT molecular complexity index is 1080. The minimum atomic E-state index is -0.456. The molecule has 0 spiro atoms. The van der Waals surface area contributed by atoms with Gasteiger partial charge in [-0.1, -0.05) is 6.07 Å². The molecule has 3 aromatic rings. The number of rotatable bonds is 3. The highest BCUT2D eigenvalue weighted by molar-refractivity contribution is 5.87. The van der Waals surface area contributed by atoms with Crippen LogP contribution in [-0.4, -0.2) is 28.5 Å². The first kappa shape index (κ1) is 16.1. The zero-order chi connectivity index (χ0) is 18.3. The van der Waals surface area contributed by atoms with Gasteiger partial charge in [-0.05, 0) is 35.7 Å². The first-order valence-electron chi connectivity index (χ1n) is 8.13. The first-order valence-corrected chi connectivity index (χ1v) is 8.13. The molecule has 1 aliphatic heterocycles. The van der Waals surface area contributed by atoms with Crippen LogP contribution in [0, 0.1) is 10.1 Å². The van der Waals surface area contributed by atoms with E-state index in [4.69, 9.17) is 4.74 Å². The summed E-state index contributed by atoms with van der Waals surface area (Å²) in [6, 6.07) is 8.83. The normalized spacial score (nSPS) is 13.5. The fraction of sp³-hybridized carbons (Fsp3) is 0.222. The Morgan fingerprint density at radius 3 is 2.88 bits per heavy atom. The number of anilines is 1. The van der Waals surface area contributed by atoms with E-state index in [0.29, 0.717) is 24.3 Å². The van der Waals surface area contributed by atoms with E-state index in [0.717, 1.165) is 17.7 Å². The Balaban J connectivity index is 1.82. The third kappa shape index (κ3) is 2.65. The molecule has 132 valence electrons. The predicted molar refractivity (Wildman–Crippen MR) is 96.8 cm³/mol. The molecule has 4 rings (SSSR count). The van der Waals surface area contributed by atoms with Gasteiger partial charge in [-0.15, -0.1) is 0 Å². The van der Waals surface area contributed by atoms with Gasteiger partial charge < -0.3 is 14.6 Å². The summed E-state index contributed by atoms with van der Waals surface area (Å²) in [5.74, 6) is 0.756. The second-order valence-corrected chi connectivity index (χ2v) is 6.15. The number of nitro groups is 1. The Kier molecular flexibility index (Phi) is 3.80. The molecular weight excluding hydrogens is 336 g/mol. The second-order valence-electron chi connectivity index (χ2n) is 6.15. The van der Waals surface area contributed by atoms with Gasteiger partial charge in [0.2, 0.25) is 0 Å². The number of nitro benzene ring substituents is 1. The molecule has 0 saturated carbocycles. The summed E-state index contributed by atoms with van der Waals surface area (Å²) in [5, 5.41) is 11.8. The smallest absolute Gasteiger partial charge is 0.293 e. The summed E-state index contributed by atoms with van der Waals surface area (Å²) in [5.41, 5.74) is 2.70. The number of methoxy groups -OCH3 is 1. The lowest BCUT2D eigenvalue weighted by atomic mass is 9.98. The molecule has 0 amide bonds. The number of ether oxygens (including phenoxy) is 1. The number of nitrogens with one attached hydrogen (secondary N) is 1. The number of fused-ring (bicyclic) bond motifs is 2. The lowest BCUT2D eigenvalue weighted by molar-refractivity contribution is -0.384. The molecule has 1 N–H and O–H groups in total. The summed E-state index contributed by atoms with van der Waals surface area (Å²) in [6.45, 7) is 1.18. The molecule has 0 aliphatic carbocycles. The van der Waals surface area contributed by atoms with Crippen LogP contribution in [0.4, 0.5) is 11.4 Å². The largest absolute Gasteiger partial charge is 0.497 e. The third-order valence-electron chi connectivity index (χ3n) is 4.70. The number of H-pyrrole nitrogens is 1. The zero-order valence-corrected chi connectivity index (χ0v) is 14.1. The number of aromatic nitrogens is 2. The number of aromatic amines is 1. The zero-order valence-electron chi connectivity index (χ0n) is 14.1. The molecule has 1 aromatic heterocycles. The highest BCUT2D eigenvalue weighted by atomic mass is 16.6. The first-order chi connectivity index (χ1) is 12.6. The van der Waals surface area contributed by atoms with Crippen molar-refractivity contribution in [1.82, 2.24) is 9.97 Å². The van der Waals surface area contributed by atoms with Gasteiger partial charge in [0, 0.05) is 19.2 Å². The van der Waals surface area contributed by atoms with E-state index >= 15 is 0 Å². The molecule has 8 nitrogen and oxygen atoms in total. The number of benzene rings is 2. The van der Waals surface area contributed by atoms with Crippen molar-refractivity contribution in [3.63, 3.8) is 0 Å². The van der Waals surface area contributed by atoms with Crippen LogP contribution in [0.15, 0.2) is 41.5 Å². The summed E-state index contributed by atoms with van der Waals surface area (Å²) in [4.78, 5) is 31.6. The van der Waals surface area contributed by atoms with E-state index in [1.807, 2.05) is 23.1 Å². The van der Waals surface area contributed by atoms with E-state index in [1.165, 1.54) is 18.0 Å². The van der Waals surface area contributed by atoms with Crippen LogP contribution < -0.4 is 15.2 Å². The molecule has 0 atom stereocenters. The molecule has 2 heterocycles. The molecule has 0 radical (unpaired) electrons. The van der Waals surface area contributed by atoms with E-state index in [2.05, 4.69) is 9.97 Å². The maximum absolute atomic E-state index is 11.9. The molecule has 1 aliphatic rings. The van der Waals surface area contributed by atoms with Crippen LogP contribution in [0.25, 0.3) is 10.9 Å². The molecule has 0 unspecified atom stereocenters. The molecule has 0 fully saturated rings. The van der Waals surface area contributed by atoms with Crippen molar-refractivity contribution in [2.75, 3.05) is 18.6 Å². The van der Waals surface area contributed by atoms with E-state index in [9.17, 15) is 14.9 Å². The Morgan fingerprint density at radius 1 is 1.27 bits per heavy atom. The van der Waals surface area contributed by atoms with Crippen LogP contribution >= 0.6 is 0 Å². The lowest BCUT2D eigenvalue weighted by Gasteiger charge is -2.30. The number of nitrogens with zero attached hydrogens (tertiary/aromatic N) is 3. The summed E-state index contributed by atoms with van der Waals surface area (Å²) in [6.07, 6.45) is 2.08. The minimum Gasteiger partial charge on any atom is -0.497 e. The molecule has 0 bridgehead atoms. The van der Waals surface area contributed by atoms with Crippen molar-refractivity contribution < 1.29 is 9.66 Å². The third-order valence-corrected chi connectivity index (χ3v) is 4.70. The number of hydrogen-bond donors (Lipinski definition) is 1. The SMILES string of the molecule is COc1ccc2c(c1)CN(c1cc3nc[nH]c(=O)c3cc1[N+](=O)[O-])CC2. The van der Waals surface area contributed by atoms with Crippen molar-refractivity contribution >= 4 is 22.3 Å². The molecule has 0 saturated heterocycles. The average Bonchev–Trinajstić information content (AvgIpc) is 2.66.